The van der Waals surface area contributed by atoms with Gasteiger partial charge in [-0.15, -0.1) is 11.8 Å². The number of aryl methyl sites for hydroxylation is 1. The van der Waals surface area contributed by atoms with Crippen molar-refractivity contribution in [1.29, 1.82) is 5.26 Å². The Bertz CT molecular complexity index is 2350. The molecular formula is C42H43N5O7S. The van der Waals surface area contributed by atoms with Gasteiger partial charge >= 0.3 is 5.97 Å². The zero-order valence-corrected chi connectivity index (χ0v) is 32.0. The summed E-state index contributed by atoms with van der Waals surface area (Å²) in [6.45, 7) is 8.61. The highest BCUT2D eigenvalue weighted by Crippen LogP contribution is 2.64. The van der Waals surface area contributed by atoms with Crippen LogP contribution >= 0.6 is 11.8 Å². The number of aromatic amines is 1. The van der Waals surface area contributed by atoms with Crippen LogP contribution in [0.5, 0.6) is 28.7 Å². The highest BCUT2D eigenvalue weighted by atomic mass is 32.2. The summed E-state index contributed by atoms with van der Waals surface area (Å²) in [5.74, 6) is 2.37. The van der Waals surface area contributed by atoms with E-state index in [1.165, 1.54) is 0 Å². The van der Waals surface area contributed by atoms with E-state index in [1.54, 1.807) is 24.9 Å². The maximum absolute atomic E-state index is 14.8. The quantitative estimate of drug-likeness (QED) is 0.181. The van der Waals surface area contributed by atoms with E-state index in [0.29, 0.717) is 52.8 Å². The highest BCUT2D eigenvalue weighted by molar-refractivity contribution is 7.99. The average Bonchev–Trinajstić information content (AvgIpc) is 3.83. The van der Waals surface area contributed by atoms with Crippen LogP contribution < -0.4 is 24.3 Å². The van der Waals surface area contributed by atoms with Gasteiger partial charge in [0.2, 0.25) is 6.79 Å². The number of hydrogen-bond donors (Lipinski definition) is 3. The summed E-state index contributed by atoms with van der Waals surface area (Å²) in [5, 5.41) is 27.8. The minimum atomic E-state index is -1.19. The molecule has 1 aromatic heterocycles. The minimum absolute atomic E-state index is 0.00218. The van der Waals surface area contributed by atoms with Gasteiger partial charge in [-0.2, -0.15) is 5.26 Å². The third kappa shape index (κ3) is 4.59. The normalized spacial score (nSPS) is 29.1. The SMILES string of the molecule is C=CCOc1c(OC)c(C)cc2c1[C@@H]1C3[C@@H]4SC[C@]5(NCCc6c5[nH]c5ccccc65)C(=O)OC[C@@H](c5c6c(c(C)c(O)c54)OCO6)N3[C@@H](C#N)[C@H](C2)N1C. The number of thioether (sulfide) groups is 1. The number of rotatable bonds is 4. The number of nitrogens with one attached hydrogen (secondary N) is 2. The van der Waals surface area contributed by atoms with Crippen LogP contribution in [0.1, 0.15) is 62.0 Å². The first-order valence-electron chi connectivity index (χ1n) is 18.9. The summed E-state index contributed by atoms with van der Waals surface area (Å²) >= 11 is 1.60. The number of aromatic nitrogens is 1. The zero-order valence-electron chi connectivity index (χ0n) is 31.2. The predicted octanol–water partition coefficient (Wildman–Crippen LogP) is 5.39. The number of nitrogens with zero attached hydrogens (tertiary/aromatic N) is 3. The molecule has 3 N–H and O–H groups in total. The van der Waals surface area contributed by atoms with E-state index in [-0.39, 0.29) is 43.8 Å². The number of likely N-dealkylation sites (N-methyl/N-ethyl adjacent to an activating group) is 1. The summed E-state index contributed by atoms with van der Waals surface area (Å²) < 4.78 is 31.3. The monoisotopic (exact) mass is 761 g/mol. The predicted molar refractivity (Wildman–Crippen MR) is 206 cm³/mol. The van der Waals surface area contributed by atoms with Gasteiger partial charge in [0.1, 0.15) is 25.0 Å². The molecule has 13 heteroatoms. The van der Waals surface area contributed by atoms with Crippen LogP contribution in [0.2, 0.25) is 0 Å². The molecule has 2 saturated heterocycles. The van der Waals surface area contributed by atoms with Crippen molar-refractivity contribution in [1.82, 2.24) is 20.1 Å². The van der Waals surface area contributed by atoms with Crippen molar-refractivity contribution in [2.45, 2.75) is 67.7 Å². The van der Waals surface area contributed by atoms with Crippen molar-refractivity contribution in [2.75, 3.05) is 46.5 Å². The molecule has 0 radical (unpaired) electrons. The van der Waals surface area contributed by atoms with Gasteiger partial charge in [-0.3, -0.25) is 15.1 Å². The Morgan fingerprint density at radius 3 is 2.78 bits per heavy atom. The summed E-state index contributed by atoms with van der Waals surface area (Å²) in [6, 6.07) is 10.9. The lowest BCUT2D eigenvalue weighted by molar-refractivity contribution is -0.157. The van der Waals surface area contributed by atoms with Crippen LogP contribution in [0.25, 0.3) is 10.9 Å². The van der Waals surface area contributed by atoms with Crippen LogP contribution in [-0.4, -0.2) is 90.4 Å². The molecule has 0 amide bonds. The van der Waals surface area contributed by atoms with Crippen molar-refractivity contribution >= 4 is 28.6 Å². The summed E-state index contributed by atoms with van der Waals surface area (Å²) in [6.07, 6.45) is 3.09. The Labute approximate surface area is 323 Å². The second kappa shape index (κ2) is 12.6. The molecule has 7 aliphatic heterocycles. The third-order valence-electron chi connectivity index (χ3n) is 12.9. The van der Waals surface area contributed by atoms with Gasteiger partial charge in [-0.25, -0.2) is 4.79 Å². The molecule has 8 heterocycles. The van der Waals surface area contributed by atoms with E-state index >= 15 is 0 Å². The van der Waals surface area contributed by atoms with Crippen LogP contribution in [0.4, 0.5) is 0 Å². The summed E-state index contributed by atoms with van der Waals surface area (Å²) in [4.78, 5) is 23.0. The molecule has 1 unspecified atom stereocenters. The molecule has 284 valence electrons. The second-order valence-electron chi connectivity index (χ2n) is 15.4. The van der Waals surface area contributed by atoms with Gasteiger partial charge < -0.3 is 33.8 Å². The summed E-state index contributed by atoms with van der Waals surface area (Å²) in [5.41, 5.74) is 6.78. The van der Waals surface area contributed by atoms with Crippen LogP contribution in [0.3, 0.4) is 0 Å². The number of ether oxygens (including phenoxy) is 5. The number of hydrogen-bond acceptors (Lipinski definition) is 12. The van der Waals surface area contributed by atoms with Crippen molar-refractivity contribution in [3.05, 3.63) is 87.6 Å². The lowest BCUT2D eigenvalue weighted by Crippen LogP contribution is -2.69. The van der Waals surface area contributed by atoms with Gasteiger partial charge in [-0.05, 0) is 56.5 Å². The zero-order chi connectivity index (χ0) is 37.9. The number of methoxy groups -OCH3 is 1. The molecule has 0 aliphatic carbocycles. The molecule has 1 spiro atoms. The molecule has 2 fully saturated rings. The van der Waals surface area contributed by atoms with Gasteiger partial charge in [0, 0.05) is 57.5 Å². The molecule has 3 aromatic carbocycles. The lowest BCUT2D eigenvalue weighted by Gasteiger charge is -2.62. The first kappa shape index (κ1) is 34.6. The Balaban J connectivity index is 1.23. The van der Waals surface area contributed by atoms with Crippen LogP contribution in [-0.2, 0) is 27.9 Å². The van der Waals surface area contributed by atoms with Crippen molar-refractivity contribution in [3.63, 3.8) is 0 Å². The van der Waals surface area contributed by atoms with E-state index in [0.717, 1.165) is 50.8 Å². The van der Waals surface area contributed by atoms with E-state index in [1.807, 2.05) is 32.0 Å². The average molecular weight is 762 g/mol. The Morgan fingerprint density at radius 1 is 1.16 bits per heavy atom. The first-order valence-corrected chi connectivity index (χ1v) is 19.9. The van der Waals surface area contributed by atoms with E-state index in [9.17, 15) is 15.2 Å². The van der Waals surface area contributed by atoms with Gasteiger partial charge in [0.15, 0.2) is 28.5 Å². The molecule has 4 aromatic rings. The van der Waals surface area contributed by atoms with Crippen LogP contribution in [0, 0.1) is 25.2 Å². The van der Waals surface area contributed by atoms with E-state index in [4.69, 9.17) is 23.7 Å². The maximum atomic E-state index is 14.8. The smallest absolute Gasteiger partial charge is 0.333 e. The minimum Gasteiger partial charge on any atom is -0.507 e. The van der Waals surface area contributed by atoms with Gasteiger partial charge in [0.05, 0.1) is 36.2 Å². The number of phenolic OH excluding ortho intramolecular Hbond substituents is 1. The number of para-hydroxylation sites is 1. The largest absolute Gasteiger partial charge is 0.507 e. The van der Waals surface area contributed by atoms with E-state index in [2.05, 4.69) is 51.9 Å². The fourth-order valence-electron chi connectivity index (χ4n) is 10.6. The van der Waals surface area contributed by atoms with Gasteiger partial charge in [0.25, 0.3) is 0 Å². The molecule has 0 saturated carbocycles. The Morgan fingerprint density at radius 2 is 1.98 bits per heavy atom. The Kier molecular flexibility index (Phi) is 7.91. The first-order chi connectivity index (χ1) is 26.7. The molecule has 7 aliphatic rings. The highest BCUT2D eigenvalue weighted by Gasteiger charge is 2.62. The number of H-pyrrole nitrogens is 1. The molecule has 7 atom stereocenters. The maximum Gasteiger partial charge on any atom is 0.333 e. The number of benzene rings is 3. The van der Waals surface area contributed by atoms with Crippen molar-refractivity contribution in [2.24, 2.45) is 0 Å². The number of phenols is 1. The number of nitriles is 1. The number of carbonyl (C=O) groups is 1. The summed E-state index contributed by atoms with van der Waals surface area (Å²) in [7, 11) is 3.75. The number of piperazine rings is 1. The second-order valence-corrected chi connectivity index (χ2v) is 16.6. The molecule has 11 rings (SSSR count). The molecule has 12 nitrogen and oxygen atoms in total. The number of carbonyl (C=O) groups excluding carboxylic acids is 1. The Hall–Kier alpha value is -4.87. The van der Waals surface area contributed by atoms with Gasteiger partial charge in [-0.1, -0.05) is 36.9 Å². The number of fused-ring (bicyclic) bond motifs is 11. The topological polar surface area (TPSA) is 142 Å². The molecule has 4 bridgehead atoms. The fourth-order valence-corrected chi connectivity index (χ4v) is 12.3. The number of aromatic hydroxyl groups is 1. The number of esters is 1. The standard InChI is InChI=1S/C42H43N5O7S/c1-6-13-51-37-29-22(14-20(2)35(37)50-5)15-26-27(16-43)47-28-17-52-41(49)42(40-24(11-12-44-42)23-9-7-8-10-25(23)45-40)18-55-39(33(47)32(29)46(26)4)31-30(28)38-36(53-19-54-38)21(3)34(31)48/h6-10,14,26-28,32-33,39,44-45,48H,1,11-13,15,17-19H2,2-5H3/t26-,27-,28-,32+,33?,39+,42+/m0/s1. The van der Waals surface area contributed by atoms with E-state index < -0.39 is 28.9 Å². The van der Waals surface area contributed by atoms with Crippen molar-refractivity contribution in [3.8, 4) is 34.8 Å². The fraction of sp³-hybridized carbons (Fsp3) is 0.429. The molecular weight excluding hydrogens is 719 g/mol. The third-order valence-corrected chi connectivity index (χ3v) is 14.4. The van der Waals surface area contributed by atoms with Crippen LogP contribution in [0.15, 0.2) is 43.0 Å². The van der Waals surface area contributed by atoms with Crippen molar-refractivity contribution < 1.29 is 33.6 Å². The molecule has 55 heavy (non-hydrogen) atoms. The lowest BCUT2D eigenvalue weighted by atomic mass is 9.71.